The second kappa shape index (κ2) is 6.64. The van der Waals surface area contributed by atoms with E-state index in [0.29, 0.717) is 28.7 Å². The first-order chi connectivity index (χ1) is 8.08. The topological polar surface area (TPSA) is 49.8 Å². The minimum atomic E-state index is 0.372. The molecule has 0 aliphatic heterocycles. The molecule has 2 N–H and O–H groups in total. The zero-order valence-electron chi connectivity index (χ0n) is 10.9. The van der Waals surface area contributed by atoms with Gasteiger partial charge in [0, 0.05) is 12.6 Å². The summed E-state index contributed by atoms with van der Waals surface area (Å²) in [5.74, 6) is 1.85. The molecule has 4 nitrogen and oxygen atoms in total. The molecule has 5 heteroatoms. The highest BCUT2D eigenvalue weighted by atomic mass is 35.5. The number of rotatable bonds is 6. The third kappa shape index (κ3) is 4.04. The van der Waals surface area contributed by atoms with Gasteiger partial charge in [-0.2, -0.15) is 4.98 Å². The predicted molar refractivity (Wildman–Crippen MR) is 73.7 cm³/mol. The molecule has 0 fully saturated rings. The summed E-state index contributed by atoms with van der Waals surface area (Å²) < 4.78 is 0. The van der Waals surface area contributed by atoms with E-state index in [1.165, 1.54) is 0 Å². The van der Waals surface area contributed by atoms with Crippen LogP contribution in [0.1, 0.15) is 34.1 Å². The van der Waals surface area contributed by atoms with Gasteiger partial charge in [-0.15, -0.1) is 0 Å². The van der Waals surface area contributed by atoms with Crippen LogP contribution in [0.5, 0.6) is 0 Å². The van der Waals surface area contributed by atoms with Crippen molar-refractivity contribution in [3.8, 4) is 0 Å². The lowest BCUT2D eigenvalue weighted by atomic mass is 10.0. The number of nitrogens with zero attached hydrogens (tertiary/aromatic N) is 2. The van der Waals surface area contributed by atoms with Crippen LogP contribution in [0.25, 0.3) is 0 Å². The zero-order chi connectivity index (χ0) is 12.8. The van der Waals surface area contributed by atoms with Gasteiger partial charge in [0.15, 0.2) is 5.82 Å². The number of halogens is 1. The largest absolute Gasteiger partial charge is 0.366 e. The Hall–Kier alpha value is -1.03. The van der Waals surface area contributed by atoms with Gasteiger partial charge in [-0.1, -0.05) is 32.4 Å². The average molecular weight is 257 g/mol. The van der Waals surface area contributed by atoms with Crippen LogP contribution < -0.4 is 10.6 Å². The molecule has 0 aliphatic carbocycles. The molecule has 1 aromatic heterocycles. The average Bonchev–Trinajstić information content (AvgIpc) is 2.29. The van der Waals surface area contributed by atoms with Gasteiger partial charge in [-0.25, -0.2) is 4.98 Å². The van der Waals surface area contributed by atoms with Gasteiger partial charge in [-0.05, 0) is 19.3 Å². The quantitative estimate of drug-likeness (QED) is 0.819. The molecule has 0 amide bonds. The van der Waals surface area contributed by atoms with E-state index in [1.807, 2.05) is 6.92 Å². The molecule has 0 radical (unpaired) electrons. The molecule has 0 aromatic carbocycles. The van der Waals surface area contributed by atoms with Crippen LogP contribution in [0.4, 0.5) is 11.8 Å². The molecular formula is C12H21ClN4. The van der Waals surface area contributed by atoms with Gasteiger partial charge in [0.05, 0.1) is 6.20 Å². The summed E-state index contributed by atoms with van der Waals surface area (Å²) >= 11 is 6.09. The molecule has 1 heterocycles. The lowest BCUT2D eigenvalue weighted by Crippen LogP contribution is -2.25. The van der Waals surface area contributed by atoms with Gasteiger partial charge < -0.3 is 10.6 Å². The first-order valence-corrected chi connectivity index (χ1v) is 6.49. The van der Waals surface area contributed by atoms with Crippen molar-refractivity contribution in [2.45, 2.75) is 40.2 Å². The fourth-order valence-electron chi connectivity index (χ4n) is 1.63. The Bertz CT molecular complexity index is 354. The van der Waals surface area contributed by atoms with Crippen LogP contribution in [0.15, 0.2) is 6.20 Å². The Kier molecular flexibility index (Phi) is 5.48. The van der Waals surface area contributed by atoms with Crippen molar-refractivity contribution < 1.29 is 0 Å². The molecule has 0 aliphatic rings. The number of aromatic nitrogens is 2. The van der Waals surface area contributed by atoms with E-state index in [0.717, 1.165) is 13.0 Å². The summed E-state index contributed by atoms with van der Waals surface area (Å²) in [4.78, 5) is 8.48. The predicted octanol–water partition coefficient (Wildman–Crippen LogP) is 3.41. The summed E-state index contributed by atoms with van der Waals surface area (Å²) in [6, 6.07) is 0.372. The molecule has 1 unspecified atom stereocenters. The molecular weight excluding hydrogens is 236 g/mol. The van der Waals surface area contributed by atoms with Crippen LogP contribution >= 0.6 is 11.6 Å². The molecule has 0 spiro atoms. The molecule has 1 atom stereocenters. The number of nitrogens with one attached hydrogen (secondary N) is 2. The molecule has 0 bridgehead atoms. The van der Waals surface area contributed by atoms with Gasteiger partial charge in [0.2, 0.25) is 5.95 Å². The van der Waals surface area contributed by atoms with Crippen LogP contribution in [-0.2, 0) is 0 Å². The third-order valence-electron chi connectivity index (χ3n) is 2.65. The van der Waals surface area contributed by atoms with Crippen LogP contribution in [0, 0.1) is 5.92 Å². The van der Waals surface area contributed by atoms with Crippen LogP contribution in [-0.4, -0.2) is 22.6 Å². The van der Waals surface area contributed by atoms with E-state index < -0.39 is 0 Å². The normalized spacial score (nSPS) is 12.6. The standard InChI is InChI=1S/C12H21ClN4/c1-5-10(8(3)4)16-11-9(13)7-15-12(17-11)14-6-2/h7-8,10H,5-6H2,1-4H3,(H2,14,15,16,17). The Morgan fingerprint density at radius 1 is 1.35 bits per heavy atom. The van der Waals surface area contributed by atoms with E-state index in [4.69, 9.17) is 11.6 Å². The monoisotopic (exact) mass is 256 g/mol. The molecule has 1 rings (SSSR count). The smallest absolute Gasteiger partial charge is 0.224 e. The van der Waals surface area contributed by atoms with Crippen molar-refractivity contribution in [3.05, 3.63) is 11.2 Å². The fraction of sp³-hybridized carbons (Fsp3) is 0.667. The summed E-state index contributed by atoms with van der Waals surface area (Å²) in [7, 11) is 0. The summed E-state index contributed by atoms with van der Waals surface area (Å²) in [5, 5.41) is 7.01. The highest BCUT2D eigenvalue weighted by Gasteiger charge is 2.14. The van der Waals surface area contributed by atoms with Crippen molar-refractivity contribution >= 4 is 23.4 Å². The van der Waals surface area contributed by atoms with E-state index >= 15 is 0 Å². The number of hydrogen-bond acceptors (Lipinski definition) is 4. The highest BCUT2D eigenvalue weighted by molar-refractivity contribution is 6.32. The Labute approximate surface area is 108 Å². The van der Waals surface area contributed by atoms with Crippen LogP contribution in [0.3, 0.4) is 0 Å². The van der Waals surface area contributed by atoms with Gasteiger partial charge in [0.1, 0.15) is 5.02 Å². The first kappa shape index (κ1) is 14.0. The lowest BCUT2D eigenvalue weighted by Gasteiger charge is -2.22. The second-order valence-electron chi connectivity index (χ2n) is 4.32. The molecule has 0 saturated carbocycles. The van der Waals surface area contributed by atoms with Crippen molar-refractivity contribution in [3.63, 3.8) is 0 Å². The van der Waals surface area contributed by atoms with Gasteiger partial charge in [0.25, 0.3) is 0 Å². The van der Waals surface area contributed by atoms with Gasteiger partial charge >= 0.3 is 0 Å². The maximum absolute atomic E-state index is 6.09. The maximum atomic E-state index is 6.09. The van der Waals surface area contributed by atoms with E-state index in [9.17, 15) is 0 Å². The van der Waals surface area contributed by atoms with Crippen LogP contribution in [0.2, 0.25) is 5.02 Å². The van der Waals surface area contributed by atoms with Crippen molar-refractivity contribution in [2.24, 2.45) is 5.92 Å². The van der Waals surface area contributed by atoms with Crippen molar-refractivity contribution in [1.82, 2.24) is 9.97 Å². The summed E-state index contributed by atoms with van der Waals surface area (Å²) in [6.45, 7) is 9.32. The maximum Gasteiger partial charge on any atom is 0.224 e. The highest BCUT2D eigenvalue weighted by Crippen LogP contribution is 2.22. The Morgan fingerprint density at radius 2 is 2.06 bits per heavy atom. The number of hydrogen-bond donors (Lipinski definition) is 2. The van der Waals surface area contributed by atoms with E-state index in [-0.39, 0.29) is 0 Å². The van der Waals surface area contributed by atoms with Crippen molar-refractivity contribution in [2.75, 3.05) is 17.2 Å². The minimum absolute atomic E-state index is 0.372. The SMILES string of the molecule is CCNc1ncc(Cl)c(NC(CC)C(C)C)n1. The third-order valence-corrected chi connectivity index (χ3v) is 2.92. The zero-order valence-corrected chi connectivity index (χ0v) is 11.7. The minimum Gasteiger partial charge on any atom is -0.366 e. The summed E-state index contributed by atoms with van der Waals surface area (Å²) in [6.07, 6.45) is 2.66. The first-order valence-electron chi connectivity index (χ1n) is 6.11. The molecule has 0 saturated heterocycles. The molecule has 17 heavy (non-hydrogen) atoms. The second-order valence-corrected chi connectivity index (χ2v) is 4.73. The summed E-state index contributed by atoms with van der Waals surface area (Å²) in [5.41, 5.74) is 0. The lowest BCUT2D eigenvalue weighted by molar-refractivity contribution is 0.510. The van der Waals surface area contributed by atoms with Gasteiger partial charge in [-0.3, -0.25) is 0 Å². The van der Waals surface area contributed by atoms with E-state index in [1.54, 1.807) is 6.20 Å². The number of anilines is 2. The molecule has 1 aromatic rings. The fourth-order valence-corrected chi connectivity index (χ4v) is 1.77. The Balaban J connectivity index is 2.84. The van der Waals surface area contributed by atoms with E-state index in [2.05, 4.69) is 41.4 Å². The van der Waals surface area contributed by atoms with Crippen molar-refractivity contribution in [1.29, 1.82) is 0 Å². The molecule has 96 valence electrons. The Morgan fingerprint density at radius 3 is 2.59 bits per heavy atom.